The molecule has 0 radical (unpaired) electrons. The lowest BCUT2D eigenvalue weighted by Gasteiger charge is -2.59. The van der Waals surface area contributed by atoms with Crippen molar-refractivity contribution in [3.63, 3.8) is 0 Å². The van der Waals surface area contributed by atoms with E-state index < -0.39 is 47.1 Å². The van der Waals surface area contributed by atoms with Crippen molar-refractivity contribution in [3.05, 3.63) is 11.6 Å². The van der Waals surface area contributed by atoms with Crippen molar-refractivity contribution in [1.82, 2.24) is 0 Å². The number of hydrogen-bond acceptors (Lipinski definition) is 3. The summed E-state index contributed by atoms with van der Waals surface area (Å²) >= 11 is 0. The normalized spacial score (nSPS) is 59.8. The molecule has 0 heterocycles. The van der Waals surface area contributed by atoms with Gasteiger partial charge in [-0.15, -0.1) is 0 Å². The summed E-state index contributed by atoms with van der Waals surface area (Å²) in [5.74, 6) is -1.01. The summed E-state index contributed by atoms with van der Waals surface area (Å²) in [6.07, 6.45) is -2.31. The minimum absolute atomic E-state index is 0.0204. The van der Waals surface area contributed by atoms with E-state index in [4.69, 9.17) is 6.85 Å². The Labute approximate surface area is 152 Å². The molecule has 4 aliphatic rings. The van der Waals surface area contributed by atoms with Crippen LogP contribution in [0.5, 0.6) is 0 Å². The third-order valence-electron chi connectivity index (χ3n) is 8.10. The standard InChI is InChI=1S/C21H32O3/c1-13(22)21(24)11-8-18-16-5-4-14-12-15(23)6-9-19(14,2)17(16)7-10-20(18,21)3/h12-13,16-18,22,24H,4-11H2,1-3H3/t13-,16-,17+,18+,19+,20+,21+/m1/s1/i4D2,6D2,12D. The second-order valence-corrected chi connectivity index (χ2v) is 8.95. The highest BCUT2D eigenvalue weighted by atomic mass is 16.3. The van der Waals surface area contributed by atoms with Crippen LogP contribution in [0.4, 0.5) is 0 Å². The van der Waals surface area contributed by atoms with Crippen LogP contribution in [0.1, 0.15) is 78.9 Å². The smallest absolute Gasteiger partial charge is 0.155 e. The van der Waals surface area contributed by atoms with Gasteiger partial charge in [0.2, 0.25) is 0 Å². The summed E-state index contributed by atoms with van der Waals surface area (Å²) in [4.78, 5) is 12.4. The summed E-state index contributed by atoms with van der Waals surface area (Å²) in [6.45, 7) is 5.47. The van der Waals surface area contributed by atoms with Crippen LogP contribution in [0.3, 0.4) is 0 Å². The van der Waals surface area contributed by atoms with Gasteiger partial charge in [-0.3, -0.25) is 4.79 Å². The van der Waals surface area contributed by atoms with Crippen molar-refractivity contribution in [1.29, 1.82) is 0 Å². The predicted molar refractivity (Wildman–Crippen MR) is 93.3 cm³/mol. The second kappa shape index (κ2) is 5.17. The van der Waals surface area contributed by atoms with Crippen LogP contribution in [0.2, 0.25) is 0 Å². The SMILES string of the molecule is [2H]C1=C2C([2H])([2H])C[C@@H]3[C@H](CC[C@@]4(C)[C@H]3CC[C@]4(O)[C@@H](C)O)[C@@]2(C)CC([2H])([2H])C1=O. The van der Waals surface area contributed by atoms with E-state index in [9.17, 15) is 15.0 Å². The van der Waals surface area contributed by atoms with E-state index in [-0.39, 0.29) is 36.2 Å². The Hall–Kier alpha value is -0.670. The lowest BCUT2D eigenvalue weighted by atomic mass is 9.46. The van der Waals surface area contributed by atoms with Gasteiger partial charge in [0.1, 0.15) is 0 Å². The molecule has 2 N–H and O–H groups in total. The summed E-state index contributed by atoms with van der Waals surface area (Å²) < 4.78 is 42.3. The van der Waals surface area contributed by atoms with Crippen molar-refractivity contribution in [2.75, 3.05) is 0 Å². The maximum atomic E-state index is 12.4. The summed E-state index contributed by atoms with van der Waals surface area (Å²) in [5, 5.41) is 21.7. The molecule has 4 aliphatic carbocycles. The Morgan fingerprint density at radius 1 is 1.21 bits per heavy atom. The number of aliphatic hydroxyl groups is 2. The summed E-state index contributed by atoms with van der Waals surface area (Å²) in [5.41, 5.74) is -2.44. The topological polar surface area (TPSA) is 57.5 Å². The zero-order valence-electron chi connectivity index (χ0n) is 19.9. The molecule has 0 bridgehead atoms. The van der Waals surface area contributed by atoms with E-state index in [2.05, 4.69) is 0 Å². The molecule has 0 aromatic carbocycles. The molecule has 7 atom stereocenters. The van der Waals surface area contributed by atoms with E-state index in [1.54, 1.807) is 6.92 Å². The molecule has 0 aromatic rings. The summed E-state index contributed by atoms with van der Waals surface area (Å²) in [6, 6.07) is -0.479. The van der Waals surface area contributed by atoms with Crippen LogP contribution in [0.15, 0.2) is 11.6 Å². The first-order chi connectivity index (χ1) is 13.1. The average molecular weight is 338 g/mol. The van der Waals surface area contributed by atoms with E-state index in [0.29, 0.717) is 25.7 Å². The average Bonchev–Trinajstić information content (AvgIpc) is 2.84. The van der Waals surface area contributed by atoms with Gasteiger partial charge in [0, 0.05) is 17.3 Å². The maximum Gasteiger partial charge on any atom is 0.155 e. The quantitative estimate of drug-likeness (QED) is 0.768. The van der Waals surface area contributed by atoms with Crippen LogP contribution in [-0.4, -0.2) is 27.7 Å². The van der Waals surface area contributed by atoms with E-state index in [1.165, 1.54) is 0 Å². The largest absolute Gasteiger partial charge is 0.390 e. The molecule has 3 saturated carbocycles. The minimum atomic E-state index is -2.16. The highest BCUT2D eigenvalue weighted by Gasteiger charge is 2.65. The zero-order chi connectivity index (χ0) is 21.8. The monoisotopic (exact) mass is 337 g/mol. The molecule has 3 heteroatoms. The first kappa shape index (κ1) is 11.9. The minimum Gasteiger partial charge on any atom is -0.390 e. The Bertz CT molecular complexity index is 793. The van der Waals surface area contributed by atoms with E-state index >= 15 is 0 Å². The fourth-order valence-electron chi connectivity index (χ4n) is 6.54. The number of aliphatic hydroxyl groups excluding tert-OH is 1. The fourth-order valence-corrected chi connectivity index (χ4v) is 6.54. The molecule has 3 nitrogen and oxygen atoms in total. The third-order valence-corrected chi connectivity index (χ3v) is 8.10. The Morgan fingerprint density at radius 3 is 2.62 bits per heavy atom. The Balaban J connectivity index is 1.83. The molecule has 134 valence electrons. The van der Waals surface area contributed by atoms with Crippen molar-refractivity contribution in [2.24, 2.45) is 28.6 Å². The number of ketones is 1. The van der Waals surface area contributed by atoms with Gasteiger partial charge < -0.3 is 10.2 Å². The lowest BCUT2D eigenvalue weighted by molar-refractivity contribution is -0.171. The lowest BCUT2D eigenvalue weighted by Crippen LogP contribution is -2.58. The van der Waals surface area contributed by atoms with E-state index in [0.717, 1.165) is 0 Å². The van der Waals surface area contributed by atoms with Gasteiger partial charge in [-0.2, -0.15) is 0 Å². The molecule has 24 heavy (non-hydrogen) atoms. The summed E-state index contributed by atoms with van der Waals surface area (Å²) in [7, 11) is 0. The van der Waals surface area contributed by atoms with Crippen molar-refractivity contribution in [3.8, 4) is 0 Å². The van der Waals surface area contributed by atoms with Crippen molar-refractivity contribution >= 4 is 5.78 Å². The molecule has 0 unspecified atom stereocenters. The first-order valence-corrected chi connectivity index (χ1v) is 9.29. The predicted octanol–water partition coefficient (Wildman–Crippen LogP) is 3.63. The number of rotatable bonds is 1. The van der Waals surface area contributed by atoms with Gasteiger partial charge >= 0.3 is 0 Å². The van der Waals surface area contributed by atoms with Gasteiger partial charge in [0.15, 0.2) is 5.78 Å². The first-order valence-electron chi connectivity index (χ1n) is 11.8. The Kier molecular flexibility index (Phi) is 2.55. The number of fused-ring (bicyclic) bond motifs is 5. The highest BCUT2D eigenvalue weighted by Crippen LogP contribution is 2.67. The van der Waals surface area contributed by atoms with Crippen LogP contribution < -0.4 is 0 Å². The molecule has 0 aromatic heterocycles. The van der Waals surface area contributed by atoms with Gasteiger partial charge in [-0.25, -0.2) is 0 Å². The van der Waals surface area contributed by atoms with E-state index in [1.807, 2.05) is 13.8 Å². The second-order valence-electron chi connectivity index (χ2n) is 8.95. The molecule has 0 saturated heterocycles. The fraction of sp³-hybridized carbons (Fsp3) is 0.857. The van der Waals surface area contributed by atoms with Crippen LogP contribution in [0.25, 0.3) is 0 Å². The van der Waals surface area contributed by atoms with Gasteiger partial charge in [-0.1, -0.05) is 19.4 Å². The highest BCUT2D eigenvalue weighted by molar-refractivity contribution is 5.91. The number of carbonyl (C=O) groups is 1. The molecule has 0 amide bonds. The molecule has 3 fully saturated rings. The molecular formula is C21H32O3. The number of hydrogen-bond donors (Lipinski definition) is 2. The third kappa shape index (κ3) is 1.94. The molecule has 0 aliphatic heterocycles. The number of allylic oxidation sites excluding steroid dienone is 1. The van der Waals surface area contributed by atoms with Crippen molar-refractivity contribution < 1.29 is 21.9 Å². The van der Waals surface area contributed by atoms with Gasteiger partial charge in [0.05, 0.1) is 13.1 Å². The van der Waals surface area contributed by atoms with Gasteiger partial charge in [-0.05, 0) is 81.0 Å². The molecule has 0 spiro atoms. The maximum absolute atomic E-state index is 12.4. The molecule has 4 rings (SSSR count). The van der Waals surface area contributed by atoms with Crippen LogP contribution in [-0.2, 0) is 4.79 Å². The van der Waals surface area contributed by atoms with Crippen LogP contribution >= 0.6 is 0 Å². The van der Waals surface area contributed by atoms with Crippen molar-refractivity contribution in [2.45, 2.75) is 83.7 Å². The van der Waals surface area contributed by atoms with Gasteiger partial charge in [0.25, 0.3) is 0 Å². The van der Waals surface area contributed by atoms with Crippen LogP contribution in [0, 0.1) is 28.6 Å². The zero-order valence-corrected chi connectivity index (χ0v) is 14.9. The Morgan fingerprint density at radius 2 is 1.92 bits per heavy atom. The number of carbonyl (C=O) groups excluding carboxylic acids is 1. The molecular weight excluding hydrogens is 300 g/mol.